The van der Waals surface area contributed by atoms with E-state index in [1.165, 1.54) is 32.1 Å². The van der Waals surface area contributed by atoms with Crippen LogP contribution in [0.25, 0.3) is 0 Å². The van der Waals surface area contributed by atoms with Crippen molar-refractivity contribution in [2.75, 3.05) is 0 Å². The largest absolute Gasteiger partial charge is 0.103 e. The molecular formula is C9H14. The Morgan fingerprint density at radius 1 is 1.33 bits per heavy atom. The predicted octanol–water partition coefficient (Wildman–Crippen LogP) is 2.75. The third kappa shape index (κ3) is 0.654. The number of hydrogen-bond donors (Lipinski definition) is 0. The van der Waals surface area contributed by atoms with E-state index in [2.05, 4.69) is 12.7 Å². The zero-order valence-corrected chi connectivity index (χ0v) is 5.90. The summed E-state index contributed by atoms with van der Waals surface area (Å²) in [6.07, 6.45) is 9.55. The van der Waals surface area contributed by atoms with E-state index >= 15 is 0 Å². The Labute approximate surface area is 57.0 Å². The molecule has 2 saturated carbocycles. The van der Waals surface area contributed by atoms with Crippen LogP contribution in [0.2, 0.25) is 0 Å². The average Bonchev–Trinajstić information content (AvgIpc) is 2.30. The van der Waals surface area contributed by atoms with Crippen molar-refractivity contribution in [3.8, 4) is 0 Å². The second-order valence-electron chi connectivity index (χ2n) is 3.62. The Hall–Kier alpha value is -0.260. The summed E-state index contributed by atoms with van der Waals surface area (Å²) in [6.45, 7) is 3.84. The van der Waals surface area contributed by atoms with Gasteiger partial charge in [0.05, 0.1) is 0 Å². The summed E-state index contributed by atoms with van der Waals surface area (Å²) in [7, 11) is 0. The molecule has 1 spiro atoms. The molecule has 0 aromatic rings. The second-order valence-corrected chi connectivity index (χ2v) is 3.62. The Balaban J connectivity index is 2.04. The summed E-state index contributed by atoms with van der Waals surface area (Å²) in [4.78, 5) is 0. The van der Waals surface area contributed by atoms with E-state index in [0.717, 1.165) is 11.3 Å². The zero-order chi connectivity index (χ0) is 6.32. The minimum atomic E-state index is 0.793. The molecule has 0 N–H and O–H groups in total. The molecule has 2 fully saturated rings. The van der Waals surface area contributed by atoms with Crippen LogP contribution in [0.3, 0.4) is 0 Å². The van der Waals surface area contributed by atoms with Crippen LogP contribution in [-0.4, -0.2) is 0 Å². The van der Waals surface area contributed by atoms with E-state index in [1.54, 1.807) is 0 Å². The van der Waals surface area contributed by atoms with Gasteiger partial charge in [0.25, 0.3) is 0 Å². The lowest BCUT2D eigenvalue weighted by molar-refractivity contribution is 0.503. The van der Waals surface area contributed by atoms with Crippen molar-refractivity contribution in [1.29, 1.82) is 0 Å². The van der Waals surface area contributed by atoms with Crippen molar-refractivity contribution < 1.29 is 0 Å². The maximum absolute atomic E-state index is 3.84. The van der Waals surface area contributed by atoms with Crippen LogP contribution < -0.4 is 0 Å². The van der Waals surface area contributed by atoms with Crippen molar-refractivity contribution in [2.45, 2.75) is 32.1 Å². The molecular weight excluding hydrogens is 108 g/mol. The molecule has 0 amide bonds. The number of rotatable bonds is 1. The fraction of sp³-hybridized carbons (Fsp3) is 0.778. The van der Waals surface area contributed by atoms with Gasteiger partial charge in [0, 0.05) is 0 Å². The van der Waals surface area contributed by atoms with E-state index in [1.807, 2.05) is 0 Å². The van der Waals surface area contributed by atoms with Gasteiger partial charge in [0.15, 0.2) is 0 Å². The zero-order valence-electron chi connectivity index (χ0n) is 5.90. The van der Waals surface area contributed by atoms with Crippen LogP contribution in [-0.2, 0) is 0 Å². The molecule has 1 atom stereocenters. The van der Waals surface area contributed by atoms with E-state index < -0.39 is 0 Å². The molecule has 0 radical (unpaired) electrons. The molecule has 0 saturated heterocycles. The molecule has 1 unspecified atom stereocenters. The highest BCUT2D eigenvalue weighted by molar-refractivity contribution is 5.11. The smallest absolute Gasteiger partial charge is 0.0174 e. The molecule has 0 aliphatic heterocycles. The first kappa shape index (κ1) is 5.52. The first-order chi connectivity index (χ1) is 4.37. The number of allylic oxidation sites excluding steroid dienone is 1. The third-order valence-corrected chi connectivity index (χ3v) is 3.14. The van der Waals surface area contributed by atoms with Gasteiger partial charge in [-0.05, 0) is 30.6 Å². The summed E-state index contributed by atoms with van der Waals surface area (Å²) in [5, 5.41) is 0. The predicted molar refractivity (Wildman–Crippen MR) is 39.2 cm³/mol. The summed E-state index contributed by atoms with van der Waals surface area (Å²) >= 11 is 0. The standard InChI is InChI=1S/C9H14/c1-2-8-7-9(8)5-3-4-6-9/h2,8H,1,3-7H2. The Morgan fingerprint density at radius 2 is 2.00 bits per heavy atom. The van der Waals surface area contributed by atoms with Crippen LogP contribution in [0.1, 0.15) is 32.1 Å². The summed E-state index contributed by atoms with van der Waals surface area (Å²) in [5.41, 5.74) is 0.793. The first-order valence-corrected chi connectivity index (χ1v) is 4.00. The third-order valence-electron chi connectivity index (χ3n) is 3.14. The van der Waals surface area contributed by atoms with Gasteiger partial charge in [-0.15, -0.1) is 6.58 Å². The molecule has 2 aliphatic carbocycles. The molecule has 0 bridgehead atoms. The maximum atomic E-state index is 3.84. The van der Waals surface area contributed by atoms with Crippen LogP contribution in [0.4, 0.5) is 0 Å². The van der Waals surface area contributed by atoms with Gasteiger partial charge >= 0.3 is 0 Å². The van der Waals surface area contributed by atoms with E-state index in [-0.39, 0.29) is 0 Å². The van der Waals surface area contributed by atoms with Crippen molar-refractivity contribution >= 4 is 0 Å². The normalized spacial score (nSPS) is 37.1. The summed E-state index contributed by atoms with van der Waals surface area (Å²) < 4.78 is 0. The van der Waals surface area contributed by atoms with Crippen LogP contribution in [0.5, 0.6) is 0 Å². The molecule has 9 heavy (non-hydrogen) atoms. The van der Waals surface area contributed by atoms with Gasteiger partial charge in [-0.1, -0.05) is 18.9 Å². The van der Waals surface area contributed by atoms with Crippen LogP contribution in [0, 0.1) is 11.3 Å². The summed E-state index contributed by atoms with van der Waals surface area (Å²) in [6, 6.07) is 0. The van der Waals surface area contributed by atoms with Gasteiger partial charge in [0.1, 0.15) is 0 Å². The fourth-order valence-electron chi connectivity index (χ4n) is 2.37. The van der Waals surface area contributed by atoms with Gasteiger partial charge < -0.3 is 0 Å². The van der Waals surface area contributed by atoms with Gasteiger partial charge in [-0.25, -0.2) is 0 Å². The highest BCUT2D eigenvalue weighted by Crippen LogP contribution is 2.63. The highest BCUT2D eigenvalue weighted by atomic mass is 14.6. The average molecular weight is 122 g/mol. The molecule has 0 aromatic carbocycles. The lowest BCUT2D eigenvalue weighted by Crippen LogP contribution is -1.93. The van der Waals surface area contributed by atoms with E-state index in [9.17, 15) is 0 Å². The first-order valence-electron chi connectivity index (χ1n) is 4.00. The molecule has 50 valence electrons. The van der Waals surface area contributed by atoms with Crippen molar-refractivity contribution in [3.05, 3.63) is 12.7 Å². The molecule has 0 heterocycles. The second kappa shape index (κ2) is 1.62. The molecule has 2 aliphatic rings. The molecule has 0 nitrogen and oxygen atoms in total. The fourth-order valence-corrected chi connectivity index (χ4v) is 2.37. The quantitative estimate of drug-likeness (QED) is 0.469. The Bertz CT molecular complexity index is 129. The minimum Gasteiger partial charge on any atom is -0.103 e. The van der Waals surface area contributed by atoms with Crippen molar-refractivity contribution in [1.82, 2.24) is 0 Å². The lowest BCUT2D eigenvalue weighted by atomic mass is 10.0. The van der Waals surface area contributed by atoms with Gasteiger partial charge in [0.2, 0.25) is 0 Å². The molecule has 2 rings (SSSR count). The highest BCUT2D eigenvalue weighted by Gasteiger charge is 2.52. The Kier molecular flexibility index (Phi) is 0.992. The van der Waals surface area contributed by atoms with Crippen molar-refractivity contribution in [2.24, 2.45) is 11.3 Å². The summed E-state index contributed by atoms with van der Waals surface area (Å²) in [5.74, 6) is 0.903. The van der Waals surface area contributed by atoms with E-state index in [4.69, 9.17) is 0 Å². The van der Waals surface area contributed by atoms with Crippen molar-refractivity contribution in [3.63, 3.8) is 0 Å². The van der Waals surface area contributed by atoms with Gasteiger partial charge in [-0.3, -0.25) is 0 Å². The maximum Gasteiger partial charge on any atom is -0.0174 e. The molecule has 0 heteroatoms. The topological polar surface area (TPSA) is 0 Å². The van der Waals surface area contributed by atoms with Crippen LogP contribution in [0.15, 0.2) is 12.7 Å². The molecule has 0 aromatic heterocycles. The van der Waals surface area contributed by atoms with Crippen LogP contribution >= 0.6 is 0 Å². The van der Waals surface area contributed by atoms with Gasteiger partial charge in [-0.2, -0.15) is 0 Å². The number of hydrogen-bond acceptors (Lipinski definition) is 0. The van der Waals surface area contributed by atoms with E-state index in [0.29, 0.717) is 0 Å². The Morgan fingerprint density at radius 3 is 2.44 bits per heavy atom. The SMILES string of the molecule is C=CC1CC12CCCC2. The lowest BCUT2D eigenvalue weighted by Gasteiger charge is -2.02. The monoisotopic (exact) mass is 122 g/mol. The minimum absolute atomic E-state index is 0.793.